The Bertz CT molecular complexity index is 593. The third-order valence-electron chi connectivity index (χ3n) is 3.25. The highest BCUT2D eigenvalue weighted by Gasteiger charge is 2.16. The van der Waals surface area contributed by atoms with Crippen molar-refractivity contribution in [1.29, 1.82) is 0 Å². The summed E-state index contributed by atoms with van der Waals surface area (Å²) in [6.07, 6.45) is -0.730. The summed E-state index contributed by atoms with van der Waals surface area (Å²) in [5, 5.41) is 11.2. The van der Waals surface area contributed by atoms with Crippen LogP contribution in [0.1, 0.15) is 22.8 Å². The van der Waals surface area contributed by atoms with E-state index in [1.54, 1.807) is 32.4 Å². The number of aryl methyl sites for hydroxylation is 1. The maximum atomic E-state index is 10.5. The largest absolute Gasteiger partial charge is 0.493 e. The van der Waals surface area contributed by atoms with Crippen molar-refractivity contribution in [2.75, 3.05) is 14.2 Å². The molecule has 1 atom stereocenters. The minimum Gasteiger partial charge on any atom is -0.493 e. The van der Waals surface area contributed by atoms with Gasteiger partial charge in [0.1, 0.15) is 6.10 Å². The molecule has 2 aromatic carbocycles. The first kappa shape index (κ1) is 14.7. The zero-order valence-corrected chi connectivity index (χ0v) is 12.4. The summed E-state index contributed by atoms with van der Waals surface area (Å²) in [5.41, 5.74) is 2.50. The van der Waals surface area contributed by atoms with Gasteiger partial charge in [-0.3, -0.25) is 0 Å². The van der Waals surface area contributed by atoms with Crippen LogP contribution in [0.2, 0.25) is 5.02 Å². The predicted molar refractivity (Wildman–Crippen MR) is 79.8 cm³/mol. The van der Waals surface area contributed by atoms with Crippen LogP contribution in [0.15, 0.2) is 36.4 Å². The van der Waals surface area contributed by atoms with Gasteiger partial charge >= 0.3 is 0 Å². The molecule has 0 aliphatic heterocycles. The van der Waals surface area contributed by atoms with Gasteiger partial charge in [-0.25, -0.2) is 0 Å². The Morgan fingerprint density at radius 3 is 2.10 bits per heavy atom. The summed E-state index contributed by atoms with van der Waals surface area (Å²) in [4.78, 5) is 0. The highest BCUT2D eigenvalue weighted by Crippen LogP contribution is 2.35. The molecule has 0 spiro atoms. The van der Waals surface area contributed by atoms with Gasteiger partial charge in [0, 0.05) is 5.02 Å². The van der Waals surface area contributed by atoms with Crippen molar-refractivity contribution < 1.29 is 14.6 Å². The van der Waals surface area contributed by atoms with E-state index in [0.29, 0.717) is 16.5 Å². The normalized spacial score (nSPS) is 12.1. The van der Waals surface area contributed by atoms with Crippen LogP contribution in [0, 0.1) is 6.92 Å². The molecule has 0 saturated heterocycles. The molecular formula is C16H17ClO3. The first-order valence-electron chi connectivity index (χ1n) is 6.23. The lowest BCUT2D eigenvalue weighted by atomic mass is 9.97. The molecule has 0 aliphatic rings. The minimum absolute atomic E-state index is 0.598. The third-order valence-corrected chi connectivity index (χ3v) is 3.50. The van der Waals surface area contributed by atoms with Gasteiger partial charge in [0.25, 0.3) is 0 Å². The molecule has 0 saturated carbocycles. The number of hydrogen-bond donors (Lipinski definition) is 1. The van der Waals surface area contributed by atoms with Crippen molar-refractivity contribution >= 4 is 11.6 Å². The molecule has 0 heterocycles. The summed E-state index contributed by atoms with van der Waals surface area (Å²) in [6, 6.07) is 10.8. The van der Waals surface area contributed by atoms with Gasteiger partial charge in [-0.2, -0.15) is 0 Å². The average molecular weight is 293 g/mol. The van der Waals surface area contributed by atoms with Crippen molar-refractivity contribution in [2.45, 2.75) is 13.0 Å². The topological polar surface area (TPSA) is 38.7 Å². The molecule has 2 aromatic rings. The van der Waals surface area contributed by atoms with Gasteiger partial charge in [-0.1, -0.05) is 23.7 Å². The Hall–Kier alpha value is -1.71. The fraction of sp³-hybridized carbons (Fsp3) is 0.250. The quantitative estimate of drug-likeness (QED) is 0.933. The molecule has 0 bridgehead atoms. The highest BCUT2D eigenvalue weighted by molar-refractivity contribution is 6.30. The minimum atomic E-state index is -0.730. The zero-order valence-electron chi connectivity index (χ0n) is 11.7. The average Bonchev–Trinajstić information content (AvgIpc) is 2.47. The number of halogens is 1. The zero-order chi connectivity index (χ0) is 14.7. The molecule has 1 unspecified atom stereocenters. The molecule has 0 aromatic heterocycles. The van der Waals surface area contributed by atoms with Crippen LogP contribution in [-0.2, 0) is 0 Å². The number of hydrogen-bond acceptors (Lipinski definition) is 3. The van der Waals surface area contributed by atoms with E-state index in [9.17, 15) is 5.11 Å². The Morgan fingerprint density at radius 1 is 1.00 bits per heavy atom. The summed E-state index contributed by atoms with van der Waals surface area (Å²) in [6.45, 7) is 1.93. The maximum absolute atomic E-state index is 10.5. The lowest BCUT2D eigenvalue weighted by Crippen LogP contribution is -2.03. The second kappa shape index (κ2) is 6.16. The van der Waals surface area contributed by atoms with Crippen molar-refractivity contribution in [3.05, 3.63) is 58.1 Å². The third kappa shape index (κ3) is 2.89. The Labute approximate surface area is 123 Å². The monoisotopic (exact) mass is 292 g/mol. The molecule has 0 radical (unpaired) electrons. The number of aliphatic hydroxyl groups is 1. The lowest BCUT2D eigenvalue weighted by Gasteiger charge is -2.17. The fourth-order valence-electron chi connectivity index (χ4n) is 2.12. The number of aliphatic hydroxyl groups excluding tert-OH is 1. The Kier molecular flexibility index (Phi) is 4.53. The van der Waals surface area contributed by atoms with Gasteiger partial charge in [0.2, 0.25) is 0 Å². The first-order chi connectivity index (χ1) is 9.56. The van der Waals surface area contributed by atoms with Crippen molar-refractivity contribution in [3.8, 4) is 11.5 Å². The molecule has 1 N–H and O–H groups in total. The van der Waals surface area contributed by atoms with Crippen LogP contribution in [0.5, 0.6) is 11.5 Å². The van der Waals surface area contributed by atoms with Gasteiger partial charge in [-0.15, -0.1) is 0 Å². The SMILES string of the molecule is COc1cc(C)c(C(O)c2ccc(Cl)cc2)cc1OC. The van der Waals surface area contributed by atoms with Crippen LogP contribution in [0.25, 0.3) is 0 Å². The molecular weight excluding hydrogens is 276 g/mol. The highest BCUT2D eigenvalue weighted by atomic mass is 35.5. The van der Waals surface area contributed by atoms with Crippen LogP contribution in [-0.4, -0.2) is 19.3 Å². The predicted octanol–water partition coefficient (Wildman–Crippen LogP) is 3.75. The molecule has 3 nitrogen and oxygen atoms in total. The van der Waals surface area contributed by atoms with Gasteiger partial charge < -0.3 is 14.6 Å². The van der Waals surface area contributed by atoms with Crippen LogP contribution < -0.4 is 9.47 Å². The van der Waals surface area contributed by atoms with E-state index in [1.807, 2.05) is 25.1 Å². The standard InChI is InChI=1S/C16H17ClO3/c1-10-8-14(19-2)15(20-3)9-13(10)16(18)11-4-6-12(17)7-5-11/h4-9,16,18H,1-3H3. The molecule has 0 fully saturated rings. The summed E-state index contributed by atoms with van der Waals surface area (Å²) in [7, 11) is 3.16. The van der Waals surface area contributed by atoms with Crippen molar-refractivity contribution in [3.63, 3.8) is 0 Å². The number of benzene rings is 2. The molecule has 106 valence electrons. The second-order valence-electron chi connectivity index (χ2n) is 4.52. The van der Waals surface area contributed by atoms with Crippen LogP contribution in [0.4, 0.5) is 0 Å². The number of methoxy groups -OCH3 is 2. The lowest BCUT2D eigenvalue weighted by molar-refractivity contribution is 0.218. The van der Waals surface area contributed by atoms with E-state index in [2.05, 4.69) is 0 Å². The van der Waals surface area contributed by atoms with E-state index in [1.165, 1.54) is 0 Å². The van der Waals surface area contributed by atoms with Crippen molar-refractivity contribution in [2.24, 2.45) is 0 Å². The molecule has 0 aliphatic carbocycles. The Balaban J connectivity index is 2.43. The van der Waals surface area contributed by atoms with Crippen molar-refractivity contribution in [1.82, 2.24) is 0 Å². The van der Waals surface area contributed by atoms with E-state index >= 15 is 0 Å². The van der Waals surface area contributed by atoms with E-state index in [4.69, 9.17) is 21.1 Å². The maximum Gasteiger partial charge on any atom is 0.161 e. The smallest absolute Gasteiger partial charge is 0.161 e. The van der Waals surface area contributed by atoms with E-state index in [-0.39, 0.29) is 0 Å². The molecule has 20 heavy (non-hydrogen) atoms. The van der Waals surface area contributed by atoms with Crippen LogP contribution in [0.3, 0.4) is 0 Å². The fourth-order valence-corrected chi connectivity index (χ4v) is 2.24. The van der Waals surface area contributed by atoms with E-state index < -0.39 is 6.10 Å². The Morgan fingerprint density at radius 2 is 1.55 bits per heavy atom. The van der Waals surface area contributed by atoms with E-state index in [0.717, 1.165) is 16.7 Å². The first-order valence-corrected chi connectivity index (χ1v) is 6.60. The summed E-state index contributed by atoms with van der Waals surface area (Å²) >= 11 is 5.86. The van der Waals surface area contributed by atoms with Gasteiger partial charge in [0.15, 0.2) is 11.5 Å². The number of rotatable bonds is 4. The summed E-state index contributed by atoms with van der Waals surface area (Å²) in [5.74, 6) is 1.25. The molecule has 2 rings (SSSR count). The van der Waals surface area contributed by atoms with Gasteiger partial charge in [-0.05, 0) is 47.9 Å². The number of ether oxygens (including phenoxy) is 2. The summed E-state index contributed by atoms with van der Waals surface area (Å²) < 4.78 is 10.5. The van der Waals surface area contributed by atoms with Gasteiger partial charge in [0.05, 0.1) is 14.2 Å². The van der Waals surface area contributed by atoms with Crippen LogP contribution >= 0.6 is 11.6 Å². The molecule has 0 amide bonds. The molecule has 4 heteroatoms. The second-order valence-corrected chi connectivity index (χ2v) is 4.95.